The minimum absolute atomic E-state index is 0.256. The molecule has 1 N–H and O–H groups in total. The molecule has 2 fully saturated rings. The summed E-state index contributed by atoms with van der Waals surface area (Å²) >= 11 is 0. The summed E-state index contributed by atoms with van der Waals surface area (Å²) in [5.41, 5.74) is 1.58. The number of aryl methyl sites for hydroxylation is 1. The summed E-state index contributed by atoms with van der Waals surface area (Å²) in [6.45, 7) is 4.19. The average molecular weight is 249 g/mol. The van der Waals surface area contributed by atoms with Crippen molar-refractivity contribution in [3.05, 3.63) is 18.0 Å². The van der Waals surface area contributed by atoms with Crippen LogP contribution in [0.25, 0.3) is 0 Å². The predicted molar refractivity (Wildman–Crippen MR) is 70.4 cm³/mol. The first kappa shape index (κ1) is 12.2. The molecule has 2 unspecified atom stereocenters. The monoisotopic (exact) mass is 249 g/mol. The van der Waals surface area contributed by atoms with E-state index in [-0.39, 0.29) is 5.41 Å². The summed E-state index contributed by atoms with van der Waals surface area (Å²) in [5, 5.41) is 7.97. The van der Waals surface area contributed by atoms with E-state index in [1.807, 2.05) is 17.9 Å². The Hall–Kier alpha value is -0.870. The zero-order valence-electron chi connectivity index (χ0n) is 11.4. The molecule has 0 spiro atoms. The van der Waals surface area contributed by atoms with Crippen molar-refractivity contribution in [2.45, 2.75) is 44.8 Å². The highest BCUT2D eigenvalue weighted by atomic mass is 16.5. The zero-order chi connectivity index (χ0) is 12.6. The first-order chi connectivity index (χ1) is 8.68. The Morgan fingerprint density at radius 2 is 2.39 bits per heavy atom. The Kier molecular flexibility index (Phi) is 3.16. The van der Waals surface area contributed by atoms with Crippen molar-refractivity contribution in [1.29, 1.82) is 0 Å². The maximum Gasteiger partial charge on any atom is 0.0619 e. The molecule has 0 aromatic carbocycles. The van der Waals surface area contributed by atoms with Gasteiger partial charge in [0.15, 0.2) is 0 Å². The van der Waals surface area contributed by atoms with Gasteiger partial charge in [-0.25, -0.2) is 0 Å². The maximum atomic E-state index is 5.83. The van der Waals surface area contributed by atoms with Crippen LogP contribution < -0.4 is 5.32 Å². The molecule has 0 radical (unpaired) electrons. The molecule has 4 nitrogen and oxygen atoms in total. The molecule has 3 rings (SSSR count). The van der Waals surface area contributed by atoms with Crippen molar-refractivity contribution < 1.29 is 4.74 Å². The van der Waals surface area contributed by atoms with Crippen LogP contribution in [0.1, 0.15) is 31.7 Å². The molecular weight excluding hydrogens is 226 g/mol. The molecule has 2 aliphatic rings. The van der Waals surface area contributed by atoms with Gasteiger partial charge in [0.2, 0.25) is 0 Å². The maximum absolute atomic E-state index is 5.83. The number of rotatable bonds is 5. The second kappa shape index (κ2) is 4.67. The summed E-state index contributed by atoms with van der Waals surface area (Å²) in [5.74, 6) is 0. The summed E-state index contributed by atoms with van der Waals surface area (Å²) in [4.78, 5) is 0. The van der Waals surface area contributed by atoms with Gasteiger partial charge >= 0.3 is 0 Å². The number of hydrogen-bond acceptors (Lipinski definition) is 3. The lowest BCUT2D eigenvalue weighted by molar-refractivity contribution is 0.0628. The van der Waals surface area contributed by atoms with Crippen LogP contribution in [0.3, 0.4) is 0 Å². The van der Waals surface area contributed by atoms with Crippen LogP contribution >= 0.6 is 0 Å². The Morgan fingerprint density at radius 1 is 1.56 bits per heavy atom. The van der Waals surface area contributed by atoms with Crippen molar-refractivity contribution in [2.24, 2.45) is 12.5 Å². The normalized spacial score (nSPS) is 32.0. The Morgan fingerprint density at radius 3 is 2.94 bits per heavy atom. The minimum atomic E-state index is 0.256. The van der Waals surface area contributed by atoms with Crippen LogP contribution in [-0.4, -0.2) is 35.1 Å². The van der Waals surface area contributed by atoms with Gasteiger partial charge in [0.25, 0.3) is 0 Å². The van der Waals surface area contributed by atoms with Crippen LogP contribution in [0.2, 0.25) is 0 Å². The predicted octanol–water partition coefficient (Wildman–Crippen LogP) is 1.51. The lowest BCUT2D eigenvalue weighted by atomic mass is 9.76. The van der Waals surface area contributed by atoms with Crippen LogP contribution in [-0.2, 0) is 18.2 Å². The molecule has 18 heavy (non-hydrogen) atoms. The van der Waals surface area contributed by atoms with Gasteiger partial charge in [-0.2, -0.15) is 5.10 Å². The zero-order valence-corrected chi connectivity index (χ0v) is 11.4. The van der Waals surface area contributed by atoms with E-state index >= 15 is 0 Å². The molecule has 1 aliphatic heterocycles. The molecule has 4 heteroatoms. The number of nitrogens with one attached hydrogen (secondary N) is 1. The van der Waals surface area contributed by atoms with Crippen LogP contribution in [0.15, 0.2) is 12.4 Å². The molecule has 1 aliphatic carbocycles. The fourth-order valence-corrected chi connectivity index (χ4v) is 2.95. The molecule has 0 amide bonds. The Bertz CT molecular complexity index is 413. The topological polar surface area (TPSA) is 39.1 Å². The summed E-state index contributed by atoms with van der Waals surface area (Å²) in [6.07, 6.45) is 9.37. The van der Waals surface area contributed by atoms with E-state index in [2.05, 4.69) is 23.5 Å². The number of ether oxygens (including phenoxy) is 1. The lowest BCUT2D eigenvalue weighted by Crippen LogP contribution is -2.42. The fraction of sp³-hybridized carbons (Fsp3) is 0.786. The van der Waals surface area contributed by atoms with Gasteiger partial charge in [-0.1, -0.05) is 0 Å². The van der Waals surface area contributed by atoms with E-state index in [4.69, 9.17) is 4.74 Å². The fourth-order valence-electron chi connectivity index (χ4n) is 2.95. The largest absolute Gasteiger partial charge is 0.378 e. The highest BCUT2D eigenvalue weighted by Gasteiger charge is 2.42. The van der Waals surface area contributed by atoms with E-state index in [1.165, 1.54) is 18.4 Å². The van der Waals surface area contributed by atoms with Crippen molar-refractivity contribution in [3.63, 3.8) is 0 Å². The van der Waals surface area contributed by atoms with E-state index in [9.17, 15) is 0 Å². The van der Waals surface area contributed by atoms with E-state index in [0.717, 1.165) is 32.0 Å². The molecule has 1 aromatic rings. The first-order valence-electron chi connectivity index (χ1n) is 7.00. The molecular formula is C14H23N3O. The smallest absolute Gasteiger partial charge is 0.0619 e. The minimum Gasteiger partial charge on any atom is -0.378 e. The van der Waals surface area contributed by atoms with Crippen LogP contribution in [0.5, 0.6) is 0 Å². The van der Waals surface area contributed by atoms with Crippen molar-refractivity contribution in [2.75, 3.05) is 13.2 Å². The quantitative estimate of drug-likeness (QED) is 0.860. The molecule has 1 aromatic heterocycles. The van der Waals surface area contributed by atoms with Crippen molar-refractivity contribution >= 4 is 0 Å². The highest BCUT2D eigenvalue weighted by molar-refractivity contribution is 5.10. The second-order valence-corrected chi connectivity index (χ2v) is 5.98. The van der Waals surface area contributed by atoms with Gasteiger partial charge in [0.05, 0.1) is 12.3 Å². The van der Waals surface area contributed by atoms with Gasteiger partial charge in [-0.15, -0.1) is 0 Å². The average Bonchev–Trinajstić information content (AvgIpc) is 3.00. The van der Waals surface area contributed by atoms with E-state index < -0.39 is 0 Å². The Balaban J connectivity index is 1.71. The second-order valence-electron chi connectivity index (χ2n) is 5.98. The van der Waals surface area contributed by atoms with E-state index in [0.29, 0.717) is 6.10 Å². The molecule has 2 heterocycles. The van der Waals surface area contributed by atoms with Gasteiger partial charge in [0.1, 0.15) is 0 Å². The molecule has 1 saturated carbocycles. The number of hydrogen-bond donors (Lipinski definition) is 1. The lowest BCUT2D eigenvalue weighted by Gasteiger charge is -2.32. The summed E-state index contributed by atoms with van der Waals surface area (Å²) in [6, 6.07) is 0.767. The van der Waals surface area contributed by atoms with Crippen molar-refractivity contribution in [3.8, 4) is 0 Å². The molecule has 1 saturated heterocycles. The number of aromatic nitrogens is 2. The van der Waals surface area contributed by atoms with Gasteiger partial charge in [0, 0.05) is 37.9 Å². The summed E-state index contributed by atoms with van der Waals surface area (Å²) < 4.78 is 7.72. The molecule has 2 atom stereocenters. The third-order valence-electron chi connectivity index (χ3n) is 4.46. The third kappa shape index (κ3) is 2.45. The molecule has 100 valence electrons. The van der Waals surface area contributed by atoms with E-state index in [1.54, 1.807) is 0 Å². The van der Waals surface area contributed by atoms with Gasteiger partial charge in [-0.05, 0) is 38.2 Å². The third-order valence-corrected chi connectivity index (χ3v) is 4.46. The standard InChI is InChI=1S/C14H23N3O/c1-11-14(5-6-18-11,10-15-13-3-4-13)7-12-8-16-17(2)9-12/h8-9,11,13,15H,3-7,10H2,1-2H3. The summed E-state index contributed by atoms with van der Waals surface area (Å²) in [7, 11) is 1.98. The van der Waals surface area contributed by atoms with Crippen LogP contribution in [0.4, 0.5) is 0 Å². The Labute approximate surface area is 109 Å². The van der Waals surface area contributed by atoms with Gasteiger partial charge in [-0.3, -0.25) is 4.68 Å². The SMILES string of the molecule is CC1OCCC1(CNC1CC1)Cc1cnn(C)c1. The van der Waals surface area contributed by atoms with Crippen LogP contribution in [0, 0.1) is 5.41 Å². The highest BCUT2D eigenvalue weighted by Crippen LogP contribution is 2.38. The number of nitrogens with zero attached hydrogens (tertiary/aromatic N) is 2. The van der Waals surface area contributed by atoms with Crippen molar-refractivity contribution in [1.82, 2.24) is 15.1 Å². The molecule has 0 bridgehead atoms. The first-order valence-corrected chi connectivity index (χ1v) is 7.00. The van der Waals surface area contributed by atoms with Gasteiger partial charge < -0.3 is 10.1 Å².